The van der Waals surface area contributed by atoms with Crippen LogP contribution in [0.4, 0.5) is 0 Å². The third-order valence-corrected chi connectivity index (χ3v) is 3.75. The van der Waals surface area contributed by atoms with Crippen LogP contribution in [0.2, 0.25) is 5.02 Å². The smallest absolute Gasteiger partial charge is 0.0417 e. The van der Waals surface area contributed by atoms with Crippen LogP contribution >= 0.6 is 23.4 Å². The van der Waals surface area contributed by atoms with Crippen LogP contribution in [0, 0.1) is 0 Å². The molecule has 0 aromatic heterocycles. The van der Waals surface area contributed by atoms with Gasteiger partial charge in [-0.15, -0.1) is 0 Å². The molecular weight excluding hydrogens is 250 g/mol. The number of hydrogen-bond donors (Lipinski definition) is 1. The number of halogens is 1. The molecule has 0 aliphatic carbocycles. The highest BCUT2D eigenvalue weighted by Crippen LogP contribution is 2.33. The Morgan fingerprint density at radius 3 is 2.59 bits per heavy atom. The summed E-state index contributed by atoms with van der Waals surface area (Å²) in [4.78, 5) is 2.32. The van der Waals surface area contributed by atoms with Crippen molar-refractivity contribution >= 4 is 23.4 Å². The molecule has 1 atom stereocenters. The molecule has 2 N–H and O–H groups in total. The first kappa shape index (κ1) is 12.5. The predicted octanol–water partition coefficient (Wildman–Crippen LogP) is 4.51. The Bertz CT molecular complexity index is 511. The Hall–Kier alpha value is -0.960. The van der Waals surface area contributed by atoms with E-state index in [2.05, 4.69) is 18.2 Å². The molecule has 0 aliphatic heterocycles. The van der Waals surface area contributed by atoms with Crippen molar-refractivity contribution in [2.45, 2.75) is 22.8 Å². The summed E-state index contributed by atoms with van der Waals surface area (Å²) in [5, 5.41) is 0.758. The Kier molecular flexibility index (Phi) is 4.11. The van der Waals surface area contributed by atoms with Gasteiger partial charge in [0.05, 0.1) is 0 Å². The van der Waals surface area contributed by atoms with Gasteiger partial charge >= 0.3 is 0 Å². The maximum absolute atomic E-state index is 5.98. The van der Waals surface area contributed by atoms with Crippen LogP contribution in [0.1, 0.15) is 18.5 Å². The Morgan fingerprint density at radius 1 is 1.12 bits per heavy atom. The molecule has 3 heteroatoms. The van der Waals surface area contributed by atoms with Gasteiger partial charge in [0.25, 0.3) is 0 Å². The summed E-state index contributed by atoms with van der Waals surface area (Å²) in [6.07, 6.45) is 0. The first-order valence-electron chi connectivity index (χ1n) is 5.45. The average Bonchev–Trinajstić information content (AvgIpc) is 2.29. The van der Waals surface area contributed by atoms with Gasteiger partial charge in [0.15, 0.2) is 0 Å². The monoisotopic (exact) mass is 263 g/mol. The van der Waals surface area contributed by atoms with Crippen molar-refractivity contribution in [1.82, 2.24) is 0 Å². The van der Waals surface area contributed by atoms with Gasteiger partial charge in [-0.2, -0.15) is 0 Å². The molecule has 0 saturated carbocycles. The van der Waals surface area contributed by atoms with Crippen molar-refractivity contribution in [3.05, 3.63) is 59.1 Å². The van der Waals surface area contributed by atoms with Crippen molar-refractivity contribution in [3.8, 4) is 0 Å². The van der Waals surface area contributed by atoms with E-state index in [1.807, 2.05) is 37.3 Å². The molecule has 0 aliphatic rings. The molecule has 0 bridgehead atoms. The van der Waals surface area contributed by atoms with Crippen molar-refractivity contribution in [2.75, 3.05) is 0 Å². The quantitative estimate of drug-likeness (QED) is 0.882. The van der Waals surface area contributed by atoms with Gasteiger partial charge in [-0.1, -0.05) is 47.6 Å². The standard InChI is InChI=1S/C14H14ClNS/c1-10(16)13-7-2-3-8-14(13)17-12-6-4-5-11(15)9-12/h2-10H,16H2,1H3/t10-/m0/s1. The van der Waals surface area contributed by atoms with Crippen molar-refractivity contribution in [3.63, 3.8) is 0 Å². The fourth-order valence-electron chi connectivity index (χ4n) is 1.61. The molecule has 0 amide bonds. The summed E-state index contributed by atoms with van der Waals surface area (Å²) in [7, 11) is 0. The number of rotatable bonds is 3. The largest absolute Gasteiger partial charge is 0.324 e. The van der Waals surface area contributed by atoms with Crippen LogP contribution in [0.15, 0.2) is 58.3 Å². The second kappa shape index (κ2) is 5.58. The normalized spacial score (nSPS) is 12.4. The second-order valence-electron chi connectivity index (χ2n) is 3.89. The molecular formula is C14H14ClNS. The fraction of sp³-hybridized carbons (Fsp3) is 0.143. The lowest BCUT2D eigenvalue weighted by Gasteiger charge is -2.12. The zero-order valence-corrected chi connectivity index (χ0v) is 11.1. The third kappa shape index (κ3) is 3.25. The van der Waals surface area contributed by atoms with Gasteiger partial charge in [-0.05, 0) is 36.8 Å². The number of nitrogens with two attached hydrogens (primary N) is 1. The van der Waals surface area contributed by atoms with E-state index < -0.39 is 0 Å². The van der Waals surface area contributed by atoms with Crippen molar-refractivity contribution < 1.29 is 0 Å². The minimum Gasteiger partial charge on any atom is -0.324 e. The van der Waals surface area contributed by atoms with E-state index in [1.165, 1.54) is 4.90 Å². The minimum absolute atomic E-state index is 0.0397. The van der Waals surface area contributed by atoms with Crippen molar-refractivity contribution in [2.24, 2.45) is 5.73 Å². The van der Waals surface area contributed by atoms with Gasteiger partial charge in [0, 0.05) is 20.9 Å². The highest BCUT2D eigenvalue weighted by atomic mass is 35.5. The summed E-state index contributed by atoms with van der Waals surface area (Å²) in [6.45, 7) is 2.00. The molecule has 0 fully saturated rings. The van der Waals surface area contributed by atoms with Crippen LogP contribution in [0.5, 0.6) is 0 Å². The first-order chi connectivity index (χ1) is 8.16. The lowest BCUT2D eigenvalue weighted by atomic mass is 10.1. The summed E-state index contributed by atoms with van der Waals surface area (Å²) in [5.41, 5.74) is 7.12. The first-order valence-corrected chi connectivity index (χ1v) is 6.64. The Balaban J connectivity index is 2.30. The molecule has 0 heterocycles. The maximum atomic E-state index is 5.98. The molecule has 2 aromatic carbocycles. The molecule has 0 radical (unpaired) electrons. The molecule has 88 valence electrons. The fourth-order valence-corrected chi connectivity index (χ4v) is 2.97. The molecule has 2 rings (SSSR count). The second-order valence-corrected chi connectivity index (χ2v) is 5.44. The molecule has 1 nitrogen and oxygen atoms in total. The van der Waals surface area contributed by atoms with Gasteiger partial charge in [-0.3, -0.25) is 0 Å². The van der Waals surface area contributed by atoms with Crippen LogP contribution < -0.4 is 5.73 Å². The Labute approximate surface area is 111 Å². The van der Waals surface area contributed by atoms with Crippen molar-refractivity contribution in [1.29, 1.82) is 0 Å². The molecule has 2 aromatic rings. The van der Waals surface area contributed by atoms with E-state index in [0.717, 1.165) is 15.5 Å². The van der Waals surface area contributed by atoms with Crippen LogP contribution in [-0.2, 0) is 0 Å². The summed E-state index contributed by atoms with van der Waals surface area (Å²) in [6, 6.07) is 16.1. The maximum Gasteiger partial charge on any atom is 0.0417 e. The van der Waals surface area contributed by atoms with E-state index >= 15 is 0 Å². The molecule has 0 spiro atoms. The average molecular weight is 264 g/mol. The van der Waals surface area contributed by atoms with Gasteiger partial charge in [0.1, 0.15) is 0 Å². The van der Waals surface area contributed by atoms with E-state index in [-0.39, 0.29) is 6.04 Å². The number of hydrogen-bond acceptors (Lipinski definition) is 2. The lowest BCUT2D eigenvalue weighted by Crippen LogP contribution is -2.05. The topological polar surface area (TPSA) is 26.0 Å². The molecule has 0 unspecified atom stereocenters. The predicted molar refractivity (Wildman–Crippen MR) is 74.6 cm³/mol. The lowest BCUT2D eigenvalue weighted by molar-refractivity contribution is 0.797. The van der Waals surface area contributed by atoms with E-state index in [9.17, 15) is 0 Å². The summed E-state index contributed by atoms with van der Waals surface area (Å²) in [5.74, 6) is 0. The van der Waals surface area contributed by atoms with Gasteiger partial charge in [-0.25, -0.2) is 0 Å². The van der Waals surface area contributed by atoms with Gasteiger partial charge in [0.2, 0.25) is 0 Å². The van der Waals surface area contributed by atoms with E-state index in [0.29, 0.717) is 0 Å². The zero-order chi connectivity index (χ0) is 12.3. The summed E-state index contributed by atoms with van der Waals surface area (Å²) >= 11 is 7.67. The number of benzene rings is 2. The SMILES string of the molecule is C[C@H](N)c1ccccc1Sc1cccc(Cl)c1. The third-order valence-electron chi connectivity index (χ3n) is 2.43. The van der Waals surface area contributed by atoms with E-state index in [4.69, 9.17) is 17.3 Å². The van der Waals surface area contributed by atoms with Gasteiger partial charge < -0.3 is 5.73 Å². The van der Waals surface area contributed by atoms with Crippen LogP contribution in [0.3, 0.4) is 0 Å². The summed E-state index contributed by atoms with van der Waals surface area (Å²) < 4.78 is 0. The molecule has 17 heavy (non-hydrogen) atoms. The Morgan fingerprint density at radius 2 is 1.88 bits per heavy atom. The zero-order valence-electron chi connectivity index (χ0n) is 9.56. The van der Waals surface area contributed by atoms with E-state index in [1.54, 1.807) is 11.8 Å². The van der Waals surface area contributed by atoms with Crippen LogP contribution in [-0.4, -0.2) is 0 Å². The highest BCUT2D eigenvalue weighted by Gasteiger charge is 2.07. The highest BCUT2D eigenvalue weighted by molar-refractivity contribution is 7.99. The minimum atomic E-state index is 0.0397. The molecule has 0 saturated heterocycles. The van der Waals surface area contributed by atoms with Crippen LogP contribution in [0.25, 0.3) is 0 Å².